The van der Waals surface area contributed by atoms with E-state index in [0.29, 0.717) is 89.2 Å². The Kier molecular flexibility index (Phi) is 12.1. The first-order chi connectivity index (χ1) is 38.1. The van der Waals surface area contributed by atoms with Gasteiger partial charge >= 0.3 is 0 Å². The van der Waals surface area contributed by atoms with E-state index in [0.717, 1.165) is 21.5 Å². The average Bonchev–Trinajstić information content (AvgIpc) is 3.53. The van der Waals surface area contributed by atoms with E-state index in [1.807, 2.05) is 48.5 Å². The summed E-state index contributed by atoms with van der Waals surface area (Å²) >= 11 is 0. The van der Waals surface area contributed by atoms with Gasteiger partial charge in [-0.3, -0.25) is 0 Å². The van der Waals surface area contributed by atoms with Crippen molar-refractivity contribution in [2.45, 2.75) is 0 Å². The van der Waals surface area contributed by atoms with Gasteiger partial charge in [0.15, 0.2) is 11.4 Å². The number of benzene rings is 12. The van der Waals surface area contributed by atoms with Crippen LogP contribution in [0.4, 0.5) is 63.1 Å². The maximum atomic E-state index is 17.0. The zero-order valence-electron chi connectivity index (χ0n) is 41.0. The molecule has 0 atom stereocenters. The van der Waals surface area contributed by atoms with Crippen molar-refractivity contribution in [3.63, 3.8) is 0 Å². The molecule has 0 aliphatic heterocycles. The molecule has 0 spiro atoms. The molecule has 0 radical (unpaired) electrons. The molecule has 10 heteroatoms. The lowest BCUT2D eigenvalue weighted by molar-refractivity contribution is 0.619. The van der Waals surface area contributed by atoms with Gasteiger partial charge in [0.2, 0.25) is 0 Å². The Morgan fingerprint density at radius 3 is 0.859 bits per heavy atom. The fourth-order valence-corrected chi connectivity index (χ4v) is 10.3. The van der Waals surface area contributed by atoms with E-state index >= 15 is 17.6 Å². The number of rotatable bonds is 10. The second-order valence-corrected chi connectivity index (χ2v) is 18.6. The molecular weight excluding hydrogens is 977 g/mol. The third kappa shape index (κ3) is 8.49. The molecule has 0 aliphatic carbocycles. The first-order valence-corrected chi connectivity index (χ1v) is 24.6. The third-order valence-corrected chi connectivity index (χ3v) is 14.2. The summed E-state index contributed by atoms with van der Waals surface area (Å²) < 4.78 is 68.0. The zero-order valence-corrected chi connectivity index (χ0v) is 41.0. The Bertz CT molecular complexity index is 4020. The molecule has 0 N–H and O–H groups in total. The normalized spacial score (nSPS) is 11.0. The molecule has 0 saturated heterocycles. The van der Waals surface area contributed by atoms with Crippen molar-refractivity contribution in [1.82, 2.24) is 0 Å². The SMILES string of the molecule is [C-]#[N+]c1ccc(-c2ccc(F)c(N(c3cc(-c4ccc(C#N)cc4)ccc3F)c3ccc4ccc5c(N(c6cc(-c7ccc(C#N)cc7)ccc6F)c6cc(-c7ccc([N+]#[C-])cc7)ccc6F)ccc6ccc3c4c65)c2)cc1. The lowest BCUT2D eigenvalue weighted by atomic mass is 9.91. The molecule has 0 amide bonds. The number of nitrogens with zero attached hydrogens (tertiary/aromatic N) is 6. The minimum absolute atomic E-state index is 0.0369. The molecule has 0 saturated carbocycles. The van der Waals surface area contributed by atoms with Gasteiger partial charge in [-0.25, -0.2) is 27.3 Å². The summed E-state index contributed by atoms with van der Waals surface area (Å²) in [4.78, 5) is 10.2. The van der Waals surface area contributed by atoms with Crippen LogP contribution in [-0.4, -0.2) is 0 Å². The van der Waals surface area contributed by atoms with Gasteiger partial charge in [-0.2, -0.15) is 10.5 Å². The summed E-state index contributed by atoms with van der Waals surface area (Å²) in [5.41, 5.74) is 8.08. The van der Waals surface area contributed by atoms with Gasteiger partial charge in [-0.15, -0.1) is 0 Å². The lowest BCUT2D eigenvalue weighted by Gasteiger charge is -2.30. The number of hydrogen-bond donors (Lipinski definition) is 0. The van der Waals surface area contributed by atoms with E-state index in [1.165, 1.54) is 24.3 Å². The fraction of sp³-hybridized carbons (Fsp3) is 0. The minimum Gasteiger partial charge on any atom is -0.304 e. The highest BCUT2D eigenvalue weighted by Gasteiger charge is 2.28. The third-order valence-electron chi connectivity index (χ3n) is 14.2. The predicted octanol–water partition coefficient (Wildman–Crippen LogP) is 19.6. The molecule has 6 nitrogen and oxygen atoms in total. The first kappa shape index (κ1) is 47.9. The van der Waals surface area contributed by atoms with Crippen molar-refractivity contribution >= 4 is 77.8 Å². The number of anilines is 6. The molecule has 0 aromatic heterocycles. The lowest BCUT2D eigenvalue weighted by Crippen LogP contribution is -2.15. The molecule has 0 aliphatic rings. The Morgan fingerprint density at radius 1 is 0.308 bits per heavy atom. The molecule has 12 aromatic carbocycles. The maximum absolute atomic E-state index is 17.0. The van der Waals surface area contributed by atoms with E-state index in [2.05, 4.69) is 21.8 Å². The van der Waals surface area contributed by atoms with Crippen LogP contribution < -0.4 is 9.80 Å². The van der Waals surface area contributed by atoms with Crippen LogP contribution in [0.2, 0.25) is 0 Å². The number of nitriles is 2. The highest BCUT2D eigenvalue weighted by molar-refractivity contribution is 6.28. The molecule has 366 valence electrons. The highest BCUT2D eigenvalue weighted by atomic mass is 19.1. The Labute approximate surface area is 446 Å². The highest BCUT2D eigenvalue weighted by Crippen LogP contribution is 2.50. The van der Waals surface area contributed by atoms with E-state index in [1.54, 1.807) is 155 Å². The summed E-state index contributed by atoms with van der Waals surface area (Å²) in [6.07, 6.45) is 0. The quantitative estimate of drug-likeness (QED) is 0.0778. The standard InChI is InChI=1S/C68H36F4N6/c1-75-53-23-11-45(12-24-53)51-19-31-59(71)65(37-51)77(63-35-49(17-29-57(63)69)43-7-3-41(39-73)4-8-43)61-33-21-47-16-28-56-62(34-22-48-15-27-55(61)67(47)68(48)56)78(64-36-50(18-30-58(64)70)44-9-5-42(40-74)6-10-44)66-38-52(20-32-60(66)72)46-13-25-54(76-2)26-14-46/h3-38H. The smallest absolute Gasteiger partial charge is 0.187 e. The molecule has 78 heavy (non-hydrogen) atoms. The van der Waals surface area contributed by atoms with Gasteiger partial charge in [0.25, 0.3) is 0 Å². The van der Waals surface area contributed by atoms with Gasteiger partial charge in [0.05, 0.1) is 70.5 Å². The monoisotopic (exact) mass is 1010 g/mol. The zero-order chi connectivity index (χ0) is 53.6. The average molecular weight is 1010 g/mol. The van der Waals surface area contributed by atoms with Gasteiger partial charge in [-0.05, 0) is 151 Å². The van der Waals surface area contributed by atoms with E-state index in [4.69, 9.17) is 13.1 Å². The van der Waals surface area contributed by atoms with Gasteiger partial charge < -0.3 is 9.80 Å². The van der Waals surface area contributed by atoms with Crippen LogP contribution in [0.15, 0.2) is 218 Å². The summed E-state index contributed by atoms with van der Waals surface area (Å²) in [7, 11) is 0. The molecule has 0 fully saturated rings. The first-order valence-electron chi connectivity index (χ1n) is 24.6. The predicted molar refractivity (Wildman–Crippen MR) is 303 cm³/mol. The van der Waals surface area contributed by atoms with E-state index < -0.39 is 23.3 Å². The number of halogens is 4. The van der Waals surface area contributed by atoms with Crippen LogP contribution in [0.1, 0.15) is 11.1 Å². The van der Waals surface area contributed by atoms with Crippen molar-refractivity contribution in [1.29, 1.82) is 10.5 Å². The van der Waals surface area contributed by atoms with Crippen LogP contribution >= 0.6 is 0 Å². The van der Waals surface area contributed by atoms with Crippen LogP contribution in [-0.2, 0) is 0 Å². The Hall–Kier alpha value is -11.0. The Balaban J connectivity index is 1.11. The Morgan fingerprint density at radius 2 is 0.577 bits per heavy atom. The molecule has 12 rings (SSSR count). The van der Waals surface area contributed by atoms with Gasteiger partial charge in [0, 0.05) is 10.8 Å². The molecule has 0 unspecified atom stereocenters. The molecule has 0 heterocycles. The van der Waals surface area contributed by atoms with Crippen LogP contribution in [0.5, 0.6) is 0 Å². The van der Waals surface area contributed by atoms with Crippen molar-refractivity contribution in [2.75, 3.05) is 9.80 Å². The topological polar surface area (TPSA) is 62.8 Å². The second-order valence-electron chi connectivity index (χ2n) is 18.6. The van der Waals surface area contributed by atoms with Gasteiger partial charge in [0.1, 0.15) is 23.3 Å². The van der Waals surface area contributed by atoms with E-state index in [-0.39, 0.29) is 22.7 Å². The summed E-state index contributed by atoms with van der Waals surface area (Å²) in [5, 5.41) is 23.4. The van der Waals surface area contributed by atoms with E-state index in [9.17, 15) is 10.5 Å². The summed E-state index contributed by atoms with van der Waals surface area (Å²) in [6.45, 7) is 15.0. The van der Waals surface area contributed by atoms with Crippen molar-refractivity contribution < 1.29 is 17.6 Å². The van der Waals surface area contributed by atoms with Crippen molar-refractivity contribution in [3.8, 4) is 56.6 Å². The molecule has 12 aromatic rings. The summed E-state index contributed by atoms with van der Waals surface area (Å²) in [5.74, 6) is -2.56. The largest absolute Gasteiger partial charge is 0.304 e. The molecular formula is C68H36F4N6. The minimum atomic E-state index is -0.640. The fourth-order valence-electron chi connectivity index (χ4n) is 10.3. The number of hydrogen-bond acceptors (Lipinski definition) is 4. The van der Waals surface area contributed by atoms with Crippen LogP contribution in [0.3, 0.4) is 0 Å². The van der Waals surface area contributed by atoms with Crippen molar-refractivity contribution in [2.24, 2.45) is 0 Å². The maximum Gasteiger partial charge on any atom is 0.187 e. The molecule has 0 bridgehead atoms. The summed E-state index contributed by atoms with van der Waals surface area (Å²) in [6, 6.07) is 65.6. The van der Waals surface area contributed by atoms with Crippen LogP contribution in [0.25, 0.3) is 86.5 Å². The van der Waals surface area contributed by atoms with Gasteiger partial charge in [-0.1, -0.05) is 133 Å². The van der Waals surface area contributed by atoms with Crippen LogP contribution in [0, 0.1) is 59.1 Å². The second kappa shape index (κ2) is 19.7. The van der Waals surface area contributed by atoms with Crippen molar-refractivity contribution in [3.05, 3.63) is 276 Å².